The summed E-state index contributed by atoms with van der Waals surface area (Å²) in [5, 5.41) is 13.9. The van der Waals surface area contributed by atoms with Crippen LogP contribution in [0.2, 0.25) is 5.02 Å². The average molecular weight is 396 g/mol. The molecule has 2 rings (SSSR count). The predicted octanol–water partition coefficient (Wildman–Crippen LogP) is 2.20. The molecule has 1 aliphatic rings. The zero-order valence-electron chi connectivity index (χ0n) is 16.5. The molecule has 6 nitrogen and oxygen atoms in total. The Bertz CT molecular complexity index is 717. The van der Waals surface area contributed by atoms with Crippen LogP contribution in [0.4, 0.5) is 0 Å². The van der Waals surface area contributed by atoms with E-state index in [1.165, 1.54) is 4.90 Å². The van der Waals surface area contributed by atoms with Crippen LogP contribution >= 0.6 is 11.6 Å². The molecule has 0 radical (unpaired) electrons. The molecule has 1 saturated heterocycles. The Kier molecular flexibility index (Phi) is 6.55. The lowest BCUT2D eigenvalue weighted by Gasteiger charge is -2.37. The third-order valence-electron chi connectivity index (χ3n) is 5.28. The highest BCUT2D eigenvalue weighted by molar-refractivity contribution is 6.30. The normalized spacial score (nSPS) is 21.2. The molecule has 1 aromatic rings. The minimum Gasteiger partial charge on any atom is -0.383 e. The summed E-state index contributed by atoms with van der Waals surface area (Å²) < 4.78 is 0. The molecule has 1 aromatic carbocycles. The van der Waals surface area contributed by atoms with Gasteiger partial charge in [-0.15, -0.1) is 0 Å². The molecule has 1 fully saturated rings. The molecular formula is C20H30ClN3O3. The van der Waals surface area contributed by atoms with E-state index >= 15 is 0 Å². The van der Waals surface area contributed by atoms with E-state index in [0.717, 1.165) is 17.5 Å². The number of rotatable bonds is 5. The van der Waals surface area contributed by atoms with E-state index in [2.05, 4.69) is 5.32 Å². The summed E-state index contributed by atoms with van der Waals surface area (Å²) in [6, 6.07) is 5.39. The smallest absolute Gasteiger partial charge is 0.252 e. The zero-order chi connectivity index (χ0) is 20.4. The number of likely N-dealkylation sites (tertiary alicyclic amines) is 1. The summed E-state index contributed by atoms with van der Waals surface area (Å²) in [4.78, 5) is 27.3. The first-order valence-corrected chi connectivity index (χ1v) is 9.63. The van der Waals surface area contributed by atoms with E-state index in [1.807, 2.05) is 6.07 Å². The second kappa shape index (κ2) is 8.17. The number of nitrogens with zero attached hydrogens (tertiary/aromatic N) is 1. The number of nitrogens with two attached hydrogens (primary N) is 1. The summed E-state index contributed by atoms with van der Waals surface area (Å²) in [6.45, 7) is 8.25. The number of aliphatic hydroxyl groups excluding tert-OH is 1. The van der Waals surface area contributed by atoms with Crippen molar-refractivity contribution in [1.82, 2.24) is 10.2 Å². The van der Waals surface area contributed by atoms with Gasteiger partial charge in [-0.2, -0.15) is 0 Å². The molecule has 1 heterocycles. The van der Waals surface area contributed by atoms with Crippen molar-refractivity contribution in [2.45, 2.75) is 65.3 Å². The fraction of sp³-hybridized carbons (Fsp3) is 0.600. The van der Waals surface area contributed by atoms with Gasteiger partial charge in [0, 0.05) is 24.7 Å². The number of hydrogen-bond acceptors (Lipinski definition) is 4. The van der Waals surface area contributed by atoms with Crippen LogP contribution in [0.5, 0.6) is 0 Å². The molecule has 150 valence electrons. The minimum absolute atomic E-state index is 0.239. The Hall–Kier alpha value is -1.63. The Balaban J connectivity index is 2.14. The maximum Gasteiger partial charge on any atom is 0.252 e. The minimum atomic E-state index is -1.15. The molecule has 0 unspecified atom stereocenters. The van der Waals surface area contributed by atoms with Gasteiger partial charge in [0.1, 0.15) is 11.6 Å². The quantitative estimate of drug-likeness (QED) is 0.712. The van der Waals surface area contributed by atoms with Crippen LogP contribution in [0.3, 0.4) is 0 Å². The lowest BCUT2D eigenvalue weighted by Crippen LogP contribution is -2.58. The Morgan fingerprint density at radius 2 is 2.04 bits per heavy atom. The molecule has 27 heavy (non-hydrogen) atoms. The predicted molar refractivity (Wildman–Crippen MR) is 106 cm³/mol. The monoisotopic (exact) mass is 395 g/mol. The van der Waals surface area contributed by atoms with E-state index < -0.39 is 23.0 Å². The lowest BCUT2D eigenvalue weighted by molar-refractivity contribution is -0.154. The van der Waals surface area contributed by atoms with Crippen molar-refractivity contribution in [1.29, 1.82) is 0 Å². The molecule has 0 spiro atoms. The third-order valence-corrected chi connectivity index (χ3v) is 5.51. The van der Waals surface area contributed by atoms with Crippen LogP contribution in [-0.4, -0.2) is 40.0 Å². The number of carbonyl (C=O) groups is 2. The van der Waals surface area contributed by atoms with Crippen molar-refractivity contribution in [2.75, 3.05) is 6.54 Å². The first kappa shape index (κ1) is 21.7. The molecule has 0 bridgehead atoms. The Morgan fingerprint density at radius 1 is 1.37 bits per heavy atom. The van der Waals surface area contributed by atoms with E-state index in [4.69, 9.17) is 17.3 Å². The summed E-state index contributed by atoms with van der Waals surface area (Å²) in [5.41, 5.74) is 5.95. The molecule has 7 heteroatoms. The number of amides is 2. The maximum atomic E-state index is 13.0. The number of carbonyl (C=O) groups excluding carboxylic acids is 2. The van der Waals surface area contributed by atoms with Gasteiger partial charge in [0.05, 0.1) is 0 Å². The van der Waals surface area contributed by atoms with Gasteiger partial charge in [-0.05, 0) is 48.4 Å². The average Bonchev–Trinajstić information content (AvgIpc) is 3.00. The first-order valence-electron chi connectivity index (χ1n) is 9.26. The van der Waals surface area contributed by atoms with Gasteiger partial charge in [0.25, 0.3) is 5.91 Å². The summed E-state index contributed by atoms with van der Waals surface area (Å²) >= 11 is 6.05. The van der Waals surface area contributed by atoms with Gasteiger partial charge in [-0.1, -0.05) is 38.4 Å². The fourth-order valence-corrected chi connectivity index (χ4v) is 3.59. The molecule has 0 saturated carbocycles. The van der Waals surface area contributed by atoms with Gasteiger partial charge in [0.2, 0.25) is 5.91 Å². The number of halogens is 1. The van der Waals surface area contributed by atoms with Crippen LogP contribution < -0.4 is 11.1 Å². The van der Waals surface area contributed by atoms with E-state index in [1.54, 1.807) is 39.8 Å². The Morgan fingerprint density at radius 3 is 2.63 bits per heavy atom. The molecular weight excluding hydrogens is 366 g/mol. The lowest BCUT2D eigenvalue weighted by atomic mass is 9.87. The summed E-state index contributed by atoms with van der Waals surface area (Å²) in [5.74, 6) is -0.638. The van der Waals surface area contributed by atoms with Crippen molar-refractivity contribution in [3.05, 3.63) is 34.3 Å². The topological polar surface area (TPSA) is 95.7 Å². The highest BCUT2D eigenvalue weighted by Gasteiger charge is 2.48. The highest BCUT2D eigenvalue weighted by Crippen LogP contribution is 2.32. The molecule has 2 atom stereocenters. The van der Waals surface area contributed by atoms with Crippen molar-refractivity contribution < 1.29 is 14.7 Å². The molecule has 1 aliphatic heterocycles. The van der Waals surface area contributed by atoms with Crippen molar-refractivity contribution in [3.8, 4) is 0 Å². The molecule has 2 amide bonds. The first-order chi connectivity index (χ1) is 12.5. The summed E-state index contributed by atoms with van der Waals surface area (Å²) in [7, 11) is 0. The van der Waals surface area contributed by atoms with Gasteiger partial charge in [-0.25, -0.2) is 0 Å². The third kappa shape index (κ3) is 4.62. The van der Waals surface area contributed by atoms with Crippen molar-refractivity contribution in [2.24, 2.45) is 11.1 Å². The molecule has 4 N–H and O–H groups in total. The highest BCUT2D eigenvalue weighted by atomic mass is 35.5. The standard InChI is InChI=1S/C20H30ClN3O3/c1-19(2,3)16(25)17(26)24-9-5-8-20(24,4)18(27)23-12-14-10-15(21)7-6-13(14)11-22/h6-7,10,16,25H,5,8-9,11-12,22H2,1-4H3,(H,23,27)/t16-,20-/m0/s1. The number of hydrogen-bond donors (Lipinski definition) is 3. The van der Waals surface area contributed by atoms with Crippen molar-refractivity contribution >= 4 is 23.4 Å². The zero-order valence-corrected chi connectivity index (χ0v) is 17.3. The van der Waals surface area contributed by atoms with Gasteiger partial charge < -0.3 is 21.1 Å². The van der Waals surface area contributed by atoms with Crippen LogP contribution in [0.15, 0.2) is 18.2 Å². The second-order valence-electron chi connectivity index (χ2n) is 8.44. The van der Waals surface area contributed by atoms with Crippen LogP contribution in [0.25, 0.3) is 0 Å². The maximum absolute atomic E-state index is 13.0. The molecule has 0 aliphatic carbocycles. The fourth-order valence-electron chi connectivity index (χ4n) is 3.39. The second-order valence-corrected chi connectivity index (χ2v) is 8.87. The van der Waals surface area contributed by atoms with Crippen molar-refractivity contribution in [3.63, 3.8) is 0 Å². The van der Waals surface area contributed by atoms with E-state index in [0.29, 0.717) is 24.5 Å². The SMILES string of the molecule is CC(C)(C)[C@@H](O)C(=O)N1CCC[C@@]1(C)C(=O)NCc1cc(Cl)ccc1CN. The van der Waals surface area contributed by atoms with Gasteiger partial charge in [-0.3, -0.25) is 9.59 Å². The van der Waals surface area contributed by atoms with Gasteiger partial charge >= 0.3 is 0 Å². The van der Waals surface area contributed by atoms with Crippen LogP contribution in [0.1, 0.15) is 51.7 Å². The van der Waals surface area contributed by atoms with Gasteiger partial charge in [0.15, 0.2) is 0 Å². The number of benzene rings is 1. The van der Waals surface area contributed by atoms with Crippen LogP contribution in [0, 0.1) is 5.41 Å². The largest absolute Gasteiger partial charge is 0.383 e. The Labute approximate surface area is 166 Å². The van der Waals surface area contributed by atoms with Crippen LogP contribution in [-0.2, 0) is 22.7 Å². The number of nitrogens with one attached hydrogen (secondary N) is 1. The molecule has 0 aromatic heterocycles. The summed E-state index contributed by atoms with van der Waals surface area (Å²) in [6.07, 6.45) is 0.123. The number of aliphatic hydroxyl groups is 1. The van der Waals surface area contributed by atoms with E-state index in [-0.39, 0.29) is 12.5 Å². The van der Waals surface area contributed by atoms with E-state index in [9.17, 15) is 14.7 Å².